The fourth-order valence-corrected chi connectivity index (χ4v) is 3.93. The number of aromatic nitrogens is 2. The van der Waals surface area contributed by atoms with E-state index in [0.29, 0.717) is 16.7 Å². The van der Waals surface area contributed by atoms with Crippen LogP contribution < -0.4 is 16.3 Å². The van der Waals surface area contributed by atoms with E-state index in [-0.39, 0.29) is 24.2 Å². The number of rotatable bonds is 6. The highest BCUT2D eigenvalue weighted by molar-refractivity contribution is 7.10. The van der Waals surface area contributed by atoms with Crippen LogP contribution in [-0.4, -0.2) is 22.4 Å². The Hall–Kier alpha value is -3.16. The van der Waals surface area contributed by atoms with E-state index >= 15 is 0 Å². The van der Waals surface area contributed by atoms with Crippen molar-refractivity contribution in [2.45, 2.75) is 13.0 Å². The molecule has 0 fully saturated rings. The van der Waals surface area contributed by atoms with Crippen LogP contribution in [0, 0.1) is 6.92 Å². The Morgan fingerprint density at radius 3 is 2.61 bits per heavy atom. The average molecular weight is 392 g/mol. The maximum atomic E-state index is 12.5. The van der Waals surface area contributed by atoms with E-state index < -0.39 is 0 Å². The van der Waals surface area contributed by atoms with E-state index in [2.05, 4.69) is 57.9 Å². The van der Waals surface area contributed by atoms with Crippen molar-refractivity contribution in [1.82, 2.24) is 15.3 Å². The fourth-order valence-electron chi connectivity index (χ4n) is 3.11. The van der Waals surface area contributed by atoms with Gasteiger partial charge in [-0.05, 0) is 42.1 Å². The minimum Gasteiger partial charge on any atom is -0.325 e. The molecule has 0 spiro atoms. The molecule has 4 N–H and O–H groups in total. The van der Waals surface area contributed by atoms with Crippen molar-refractivity contribution in [1.29, 1.82) is 0 Å². The summed E-state index contributed by atoms with van der Waals surface area (Å²) in [6.07, 6.45) is 0. The highest BCUT2D eigenvalue weighted by Gasteiger charge is 2.16. The van der Waals surface area contributed by atoms with Gasteiger partial charge >= 0.3 is 5.69 Å². The number of hydrogen-bond donors (Lipinski definition) is 4. The summed E-state index contributed by atoms with van der Waals surface area (Å²) in [6, 6.07) is 17.6. The van der Waals surface area contributed by atoms with E-state index in [1.807, 2.05) is 11.4 Å². The standard InChI is InChI=1S/C21H20N4O2S/c1-13-4-6-14(7-5-13)20(18-3-2-10-28-18)22-12-19(26)23-15-8-9-16-17(11-15)25-21(27)24-16/h2-11,20,22H,12H2,1H3,(H,23,26)(H2,24,25,27)/t20-/m0/s1. The summed E-state index contributed by atoms with van der Waals surface area (Å²) in [5, 5.41) is 8.26. The van der Waals surface area contributed by atoms with Gasteiger partial charge in [-0.3, -0.25) is 10.1 Å². The summed E-state index contributed by atoms with van der Waals surface area (Å²) in [6.45, 7) is 2.22. The number of benzene rings is 2. The van der Waals surface area contributed by atoms with Crippen molar-refractivity contribution in [2.24, 2.45) is 0 Å². The second-order valence-corrected chi connectivity index (χ2v) is 7.61. The molecule has 0 bridgehead atoms. The first-order valence-electron chi connectivity index (χ1n) is 8.94. The zero-order valence-electron chi connectivity index (χ0n) is 15.3. The number of imidazole rings is 1. The van der Waals surface area contributed by atoms with E-state index in [9.17, 15) is 9.59 Å². The molecule has 2 aromatic carbocycles. The van der Waals surface area contributed by atoms with Crippen LogP contribution in [0.3, 0.4) is 0 Å². The minimum absolute atomic E-state index is 0.0464. The quantitative estimate of drug-likeness (QED) is 0.405. The van der Waals surface area contributed by atoms with Gasteiger partial charge in [0.2, 0.25) is 5.91 Å². The summed E-state index contributed by atoms with van der Waals surface area (Å²) in [5.74, 6) is -0.147. The van der Waals surface area contributed by atoms with Gasteiger partial charge in [-0.15, -0.1) is 11.3 Å². The van der Waals surface area contributed by atoms with Crippen molar-refractivity contribution in [3.63, 3.8) is 0 Å². The highest BCUT2D eigenvalue weighted by Crippen LogP contribution is 2.26. The Labute approximate surface area is 165 Å². The molecule has 2 heterocycles. The molecule has 0 aliphatic heterocycles. The molecule has 0 saturated heterocycles. The van der Waals surface area contributed by atoms with Gasteiger partial charge in [0.25, 0.3) is 0 Å². The normalized spacial score (nSPS) is 12.2. The van der Waals surface area contributed by atoms with Crippen LogP contribution >= 0.6 is 11.3 Å². The third-order valence-corrected chi connectivity index (χ3v) is 5.44. The van der Waals surface area contributed by atoms with Crippen LogP contribution in [0.5, 0.6) is 0 Å². The molecule has 4 aromatic rings. The first kappa shape index (κ1) is 18.2. The van der Waals surface area contributed by atoms with Crippen molar-refractivity contribution in [3.8, 4) is 0 Å². The van der Waals surface area contributed by atoms with E-state index in [1.165, 1.54) is 5.56 Å². The zero-order valence-corrected chi connectivity index (χ0v) is 16.1. The SMILES string of the molecule is Cc1ccc([C@H](NCC(=O)Nc2ccc3[nH]c(=O)[nH]c3c2)c2cccs2)cc1. The summed E-state index contributed by atoms with van der Waals surface area (Å²) >= 11 is 1.66. The maximum Gasteiger partial charge on any atom is 0.323 e. The number of fused-ring (bicyclic) bond motifs is 1. The Morgan fingerprint density at radius 1 is 1.07 bits per heavy atom. The number of amides is 1. The maximum absolute atomic E-state index is 12.5. The molecule has 2 aromatic heterocycles. The van der Waals surface area contributed by atoms with Crippen LogP contribution in [0.25, 0.3) is 11.0 Å². The van der Waals surface area contributed by atoms with Crippen molar-refractivity contribution >= 4 is 34.0 Å². The molecule has 0 radical (unpaired) electrons. The van der Waals surface area contributed by atoms with Gasteiger partial charge in [0.05, 0.1) is 23.6 Å². The molecule has 0 aliphatic rings. The second-order valence-electron chi connectivity index (χ2n) is 6.63. The fraction of sp³-hybridized carbons (Fsp3) is 0.143. The van der Waals surface area contributed by atoms with Crippen LogP contribution in [0.2, 0.25) is 0 Å². The van der Waals surface area contributed by atoms with Crippen molar-refractivity contribution < 1.29 is 4.79 Å². The lowest BCUT2D eigenvalue weighted by atomic mass is 10.0. The van der Waals surface area contributed by atoms with Crippen LogP contribution in [0.15, 0.2) is 64.8 Å². The number of nitrogens with one attached hydrogen (secondary N) is 4. The van der Waals surface area contributed by atoms with Gasteiger partial charge in [-0.1, -0.05) is 35.9 Å². The number of aryl methyl sites for hydroxylation is 1. The lowest BCUT2D eigenvalue weighted by Crippen LogP contribution is -2.31. The molecular formula is C21H20N4O2S. The van der Waals surface area contributed by atoms with Crippen LogP contribution in [0.4, 0.5) is 5.69 Å². The van der Waals surface area contributed by atoms with E-state index in [0.717, 1.165) is 10.4 Å². The number of carbonyl (C=O) groups is 1. The molecule has 4 rings (SSSR count). The predicted octanol–water partition coefficient (Wildman–Crippen LogP) is 3.54. The average Bonchev–Trinajstić information content (AvgIpc) is 3.32. The smallest absolute Gasteiger partial charge is 0.323 e. The van der Waals surface area contributed by atoms with E-state index in [4.69, 9.17) is 0 Å². The number of thiophene rings is 1. The Kier molecular flexibility index (Phi) is 5.10. The minimum atomic E-state index is -0.267. The molecule has 1 amide bonds. The number of anilines is 1. The Morgan fingerprint density at radius 2 is 1.86 bits per heavy atom. The Bertz CT molecular complexity index is 1140. The molecule has 0 unspecified atom stereocenters. The van der Waals surface area contributed by atoms with Gasteiger partial charge in [-0.2, -0.15) is 0 Å². The number of carbonyl (C=O) groups excluding carboxylic acids is 1. The monoisotopic (exact) mass is 392 g/mol. The summed E-state index contributed by atoms with van der Waals surface area (Å²) < 4.78 is 0. The van der Waals surface area contributed by atoms with Gasteiger partial charge in [0.15, 0.2) is 0 Å². The number of hydrogen-bond acceptors (Lipinski definition) is 4. The largest absolute Gasteiger partial charge is 0.325 e. The molecule has 142 valence electrons. The van der Waals surface area contributed by atoms with Crippen LogP contribution in [0.1, 0.15) is 22.0 Å². The van der Waals surface area contributed by atoms with Crippen LogP contribution in [-0.2, 0) is 4.79 Å². The van der Waals surface area contributed by atoms with Gasteiger partial charge in [-0.25, -0.2) is 4.79 Å². The molecule has 7 heteroatoms. The lowest BCUT2D eigenvalue weighted by Gasteiger charge is -2.18. The van der Waals surface area contributed by atoms with E-state index in [1.54, 1.807) is 29.5 Å². The second kappa shape index (κ2) is 7.84. The third-order valence-electron chi connectivity index (χ3n) is 4.50. The summed E-state index contributed by atoms with van der Waals surface area (Å²) in [7, 11) is 0. The topological polar surface area (TPSA) is 89.8 Å². The summed E-state index contributed by atoms with van der Waals surface area (Å²) in [4.78, 5) is 30.4. The Balaban J connectivity index is 1.46. The molecular weight excluding hydrogens is 372 g/mol. The number of H-pyrrole nitrogens is 2. The molecule has 6 nitrogen and oxygen atoms in total. The molecule has 0 aliphatic carbocycles. The number of aromatic amines is 2. The van der Waals surface area contributed by atoms with Gasteiger partial charge < -0.3 is 15.3 Å². The molecule has 0 saturated carbocycles. The predicted molar refractivity (Wildman–Crippen MR) is 113 cm³/mol. The molecule has 1 atom stereocenters. The third kappa shape index (κ3) is 4.05. The highest BCUT2D eigenvalue weighted by atomic mass is 32.1. The first-order valence-corrected chi connectivity index (χ1v) is 9.82. The molecule has 28 heavy (non-hydrogen) atoms. The van der Waals surface area contributed by atoms with Crippen molar-refractivity contribution in [2.75, 3.05) is 11.9 Å². The zero-order chi connectivity index (χ0) is 19.5. The van der Waals surface area contributed by atoms with Gasteiger partial charge in [0, 0.05) is 10.6 Å². The first-order chi connectivity index (χ1) is 13.6. The summed E-state index contributed by atoms with van der Waals surface area (Å²) in [5.41, 5.74) is 4.05. The van der Waals surface area contributed by atoms with Gasteiger partial charge in [0.1, 0.15) is 0 Å². The lowest BCUT2D eigenvalue weighted by molar-refractivity contribution is -0.115. The van der Waals surface area contributed by atoms with Crippen molar-refractivity contribution in [3.05, 3.63) is 86.5 Å².